The van der Waals surface area contributed by atoms with E-state index in [0.717, 1.165) is 11.3 Å². The van der Waals surface area contributed by atoms with Gasteiger partial charge in [0.05, 0.1) is 11.5 Å². The molecular formula is C14H20N2O3S. The van der Waals surface area contributed by atoms with E-state index in [0.29, 0.717) is 12.3 Å². The molecule has 1 aromatic rings. The summed E-state index contributed by atoms with van der Waals surface area (Å²) in [5, 5.41) is 5.45. The third-order valence-electron chi connectivity index (χ3n) is 3.38. The largest absolute Gasteiger partial charge is 0.334 e. The van der Waals surface area contributed by atoms with Crippen LogP contribution >= 0.6 is 0 Å². The van der Waals surface area contributed by atoms with E-state index in [2.05, 4.69) is 24.5 Å². The van der Waals surface area contributed by atoms with E-state index in [1.807, 2.05) is 24.3 Å². The van der Waals surface area contributed by atoms with Crippen LogP contribution in [0.15, 0.2) is 24.3 Å². The van der Waals surface area contributed by atoms with E-state index in [4.69, 9.17) is 0 Å². The van der Waals surface area contributed by atoms with Gasteiger partial charge in [0.2, 0.25) is 0 Å². The van der Waals surface area contributed by atoms with Gasteiger partial charge in [-0.25, -0.2) is 13.2 Å². The Labute approximate surface area is 119 Å². The number of hydrogen-bond donors (Lipinski definition) is 2. The topological polar surface area (TPSA) is 75.3 Å². The molecule has 1 aromatic carbocycles. The van der Waals surface area contributed by atoms with Crippen LogP contribution in [-0.2, 0) is 9.84 Å². The van der Waals surface area contributed by atoms with Crippen molar-refractivity contribution in [1.82, 2.24) is 5.32 Å². The maximum Gasteiger partial charge on any atom is 0.319 e. The van der Waals surface area contributed by atoms with Gasteiger partial charge < -0.3 is 10.6 Å². The highest BCUT2D eigenvalue weighted by atomic mass is 32.2. The first-order valence-corrected chi connectivity index (χ1v) is 8.56. The highest BCUT2D eigenvalue weighted by molar-refractivity contribution is 7.91. The van der Waals surface area contributed by atoms with Crippen molar-refractivity contribution in [2.45, 2.75) is 32.2 Å². The number of carbonyl (C=O) groups is 1. The third-order valence-corrected chi connectivity index (χ3v) is 5.15. The number of rotatable bonds is 3. The lowest BCUT2D eigenvalue weighted by molar-refractivity contribution is 0.249. The molecule has 1 atom stereocenters. The third kappa shape index (κ3) is 3.96. The summed E-state index contributed by atoms with van der Waals surface area (Å²) < 4.78 is 22.7. The molecule has 2 rings (SSSR count). The number of anilines is 1. The Balaban J connectivity index is 1.93. The quantitative estimate of drug-likeness (QED) is 0.897. The Kier molecular flexibility index (Phi) is 4.32. The number of hydrogen-bond acceptors (Lipinski definition) is 3. The molecule has 1 fully saturated rings. The fourth-order valence-electron chi connectivity index (χ4n) is 2.24. The molecule has 1 unspecified atom stereocenters. The molecule has 2 amide bonds. The van der Waals surface area contributed by atoms with E-state index >= 15 is 0 Å². The molecule has 0 aromatic heterocycles. The van der Waals surface area contributed by atoms with Crippen LogP contribution in [0.5, 0.6) is 0 Å². The number of urea groups is 1. The lowest BCUT2D eigenvalue weighted by Crippen LogP contribution is -2.38. The Bertz CT molecular complexity index is 596. The van der Waals surface area contributed by atoms with Gasteiger partial charge in [0.1, 0.15) is 0 Å². The van der Waals surface area contributed by atoms with Crippen molar-refractivity contribution < 1.29 is 13.2 Å². The lowest BCUT2D eigenvalue weighted by Gasteiger charge is -2.13. The first-order valence-electron chi connectivity index (χ1n) is 6.73. The second-order valence-electron chi connectivity index (χ2n) is 5.48. The number of amides is 2. The first-order chi connectivity index (χ1) is 9.35. The van der Waals surface area contributed by atoms with E-state index < -0.39 is 9.84 Å². The van der Waals surface area contributed by atoms with Gasteiger partial charge in [-0.1, -0.05) is 26.0 Å². The highest BCUT2D eigenvalue weighted by Crippen LogP contribution is 2.18. The minimum atomic E-state index is -2.97. The van der Waals surface area contributed by atoms with Gasteiger partial charge in [0, 0.05) is 11.7 Å². The van der Waals surface area contributed by atoms with Crippen LogP contribution in [0.4, 0.5) is 10.5 Å². The molecule has 1 heterocycles. The fourth-order valence-corrected chi connectivity index (χ4v) is 3.91. The molecule has 110 valence electrons. The van der Waals surface area contributed by atoms with Crippen LogP contribution in [0.3, 0.4) is 0 Å². The van der Waals surface area contributed by atoms with Crippen LogP contribution < -0.4 is 10.6 Å². The van der Waals surface area contributed by atoms with Crippen molar-refractivity contribution >= 4 is 21.6 Å². The van der Waals surface area contributed by atoms with Gasteiger partial charge in [0.25, 0.3) is 0 Å². The molecule has 1 aliphatic rings. The van der Waals surface area contributed by atoms with Gasteiger partial charge in [-0.3, -0.25) is 0 Å². The predicted octanol–water partition coefficient (Wildman–Crippen LogP) is 2.12. The van der Waals surface area contributed by atoms with Gasteiger partial charge in [-0.15, -0.1) is 0 Å². The molecule has 0 spiro atoms. The Morgan fingerprint density at radius 2 is 2.10 bits per heavy atom. The summed E-state index contributed by atoms with van der Waals surface area (Å²) in [7, 11) is -2.97. The highest BCUT2D eigenvalue weighted by Gasteiger charge is 2.28. The van der Waals surface area contributed by atoms with Crippen molar-refractivity contribution in [2.75, 3.05) is 16.8 Å². The summed E-state index contributed by atoms with van der Waals surface area (Å²) in [6, 6.07) is 7.01. The zero-order valence-corrected chi connectivity index (χ0v) is 12.5. The minimum absolute atomic E-state index is 0.0342. The molecule has 0 radical (unpaired) electrons. The maximum absolute atomic E-state index is 11.8. The predicted molar refractivity (Wildman–Crippen MR) is 79.7 cm³/mol. The SMILES string of the molecule is CC(C)c1cccc(NC(=O)NC2CCS(=O)(=O)C2)c1. The van der Waals surface area contributed by atoms with Crippen molar-refractivity contribution in [2.24, 2.45) is 0 Å². The normalized spacial score (nSPS) is 20.9. The Morgan fingerprint density at radius 3 is 2.70 bits per heavy atom. The summed E-state index contributed by atoms with van der Waals surface area (Å²) in [5.41, 5.74) is 1.86. The van der Waals surface area contributed by atoms with Gasteiger partial charge in [-0.2, -0.15) is 0 Å². The molecule has 1 saturated heterocycles. The van der Waals surface area contributed by atoms with Crippen LogP contribution in [-0.4, -0.2) is 32.0 Å². The molecule has 0 saturated carbocycles. The van der Waals surface area contributed by atoms with Gasteiger partial charge in [-0.05, 0) is 30.0 Å². The van der Waals surface area contributed by atoms with Crippen LogP contribution in [0.2, 0.25) is 0 Å². The summed E-state index contributed by atoms with van der Waals surface area (Å²) in [6.07, 6.45) is 0.488. The summed E-state index contributed by atoms with van der Waals surface area (Å²) in [6.45, 7) is 4.17. The molecule has 0 aliphatic carbocycles. The fraction of sp³-hybridized carbons (Fsp3) is 0.500. The molecule has 20 heavy (non-hydrogen) atoms. The van der Waals surface area contributed by atoms with Crippen LogP contribution in [0.25, 0.3) is 0 Å². The van der Waals surface area contributed by atoms with Gasteiger partial charge in [0.15, 0.2) is 9.84 Å². The number of sulfone groups is 1. The average molecular weight is 296 g/mol. The molecular weight excluding hydrogens is 276 g/mol. The van der Waals surface area contributed by atoms with Crippen molar-refractivity contribution in [3.05, 3.63) is 29.8 Å². The van der Waals surface area contributed by atoms with E-state index in [9.17, 15) is 13.2 Å². The molecule has 1 aliphatic heterocycles. The smallest absolute Gasteiger partial charge is 0.319 e. The van der Waals surface area contributed by atoms with Crippen LogP contribution in [0.1, 0.15) is 31.7 Å². The standard InChI is InChI=1S/C14H20N2O3S/c1-10(2)11-4-3-5-12(8-11)15-14(17)16-13-6-7-20(18,19)9-13/h3-5,8,10,13H,6-7,9H2,1-2H3,(H2,15,16,17). The van der Waals surface area contributed by atoms with Crippen molar-refractivity contribution in [3.63, 3.8) is 0 Å². The van der Waals surface area contributed by atoms with E-state index in [1.54, 1.807) is 0 Å². The maximum atomic E-state index is 11.8. The second-order valence-corrected chi connectivity index (χ2v) is 7.71. The van der Waals surface area contributed by atoms with E-state index in [1.165, 1.54) is 0 Å². The van der Waals surface area contributed by atoms with E-state index in [-0.39, 0.29) is 23.6 Å². The van der Waals surface area contributed by atoms with Crippen LogP contribution in [0, 0.1) is 0 Å². The monoisotopic (exact) mass is 296 g/mol. The van der Waals surface area contributed by atoms with Gasteiger partial charge >= 0.3 is 6.03 Å². The average Bonchev–Trinajstić information content (AvgIpc) is 2.68. The Hall–Kier alpha value is -1.56. The Morgan fingerprint density at radius 1 is 1.35 bits per heavy atom. The molecule has 0 bridgehead atoms. The first kappa shape index (κ1) is 14.8. The number of nitrogens with one attached hydrogen (secondary N) is 2. The van der Waals surface area contributed by atoms with Crippen molar-refractivity contribution in [3.8, 4) is 0 Å². The summed E-state index contributed by atoms with van der Waals surface area (Å²) >= 11 is 0. The molecule has 6 heteroatoms. The number of benzene rings is 1. The zero-order chi connectivity index (χ0) is 14.8. The lowest BCUT2D eigenvalue weighted by atomic mass is 10.0. The summed E-state index contributed by atoms with van der Waals surface area (Å²) in [5.74, 6) is 0.576. The van der Waals surface area contributed by atoms with Crippen molar-refractivity contribution in [1.29, 1.82) is 0 Å². The molecule has 2 N–H and O–H groups in total. The zero-order valence-electron chi connectivity index (χ0n) is 11.7. The number of carbonyl (C=O) groups excluding carboxylic acids is 1. The summed E-state index contributed by atoms with van der Waals surface area (Å²) in [4.78, 5) is 11.8. The molecule has 5 nitrogen and oxygen atoms in total. The second kappa shape index (κ2) is 5.83. The minimum Gasteiger partial charge on any atom is -0.334 e.